The fourth-order valence-electron chi connectivity index (χ4n) is 3.16. The second-order valence-electron chi connectivity index (χ2n) is 4.91. The van der Waals surface area contributed by atoms with Crippen molar-refractivity contribution >= 4 is 0 Å². The molecule has 2 fully saturated rings. The maximum absolute atomic E-state index is 9.63. The lowest BCUT2D eigenvalue weighted by molar-refractivity contribution is 0.00844. The lowest BCUT2D eigenvalue weighted by atomic mass is 10.1. The van der Waals surface area contributed by atoms with E-state index >= 15 is 0 Å². The molecule has 0 aromatic rings. The van der Waals surface area contributed by atoms with Crippen molar-refractivity contribution in [2.75, 3.05) is 13.1 Å². The van der Waals surface area contributed by atoms with E-state index in [-0.39, 0.29) is 6.23 Å². The molecule has 2 heterocycles. The second kappa shape index (κ2) is 3.80. The summed E-state index contributed by atoms with van der Waals surface area (Å²) >= 11 is 0. The van der Waals surface area contributed by atoms with Gasteiger partial charge in [0.05, 0.1) is 0 Å². The van der Waals surface area contributed by atoms with Gasteiger partial charge in [-0.2, -0.15) is 0 Å². The van der Waals surface area contributed by atoms with Gasteiger partial charge < -0.3 is 5.11 Å². The summed E-state index contributed by atoms with van der Waals surface area (Å²) in [6.07, 6.45) is 2.19. The van der Waals surface area contributed by atoms with E-state index in [9.17, 15) is 5.11 Å². The van der Waals surface area contributed by atoms with Gasteiger partial charge in [0.2, 0.25) is 0 Å². The van der Waals surface area contributed by atoms with Crippen LogP contribution in [0.2, 0.25) is 0 Å². The molecule has 0 aliphatic carbocycles. The van der Waals surface area contributed by atoms with Gasteiger partial charge in [-0.3, -0.25) is 9.80 Å². The molecule has 14 heavy (non-hydrogen) atoms. The summed E-state index contributed by atoms with van der Waals surface area (Å²) in [4.78, 5) is 4.85. The van der Waals surface area contributed by atoms with Crippen molar-refractivity contribution in [3.05, 3.63) is 0 Å². The summed E-state index contributed by atoms with van der Waals surface area (Å²) in [7, 11) is 0. The first-order valence-corrected chi connectivity index (χ1v) is 5.81. The van der Waals surface area contributed by atoms with Gasteiger partial charge in [-0.15, -0.1) is 0 Å². The molecule has 82 valence electrons. The number of fused-ring (bicyclic) bond motifs is 1. The maximum Gasteiger partial charge on any atom is 0.104 e. The van der Waals surface area contributed by atoms with Crippen molar-refractivity contribution in [3.8, 4) is 0 Å². The van der Waals surface area contributed by atoms with Gasteiger partial charge in [0.25, 0.3) is 0 Å². The molecule has 0 amide bonds. The van der Waals surface area contributed by atoms with Crippen LogP contribution in [0.3, 0.4) is 0 Å². The molecule has 0 bridgehead atoms. The van der Waals surface area contributed by atoms with Gasteiger partial charge in [-0.1, -0.05) is 0 Å². The van der Waals surface area contributed by atoms with Gasteiger partial charge in [0, 0.05) is 31.2 Å². The minimum Gasteiger partial charge on any atom is -0.379 e. The van der Waals surface area contributed by atoms with Crippen LogP contribution in [0.5, 0.6) is 0 Å². The minimum atomic E-state index is -0.267. The van der Waals surface area contributed by atoms with Crippen LogP contribution in [0, 0.1) is 0 Å². The summed E-state index contributed by atoms with van der Waals surface area (Å²) in [5, 5.41) is 9.63. The van der Waals surface area contributed by atoms with Crippen LogP contribution < -0.4 is 0 Å². The molecule has 2 aliphatic rings. The monoisotopic (exact) mass is 198 g/mol. The van der Waals surface area contributed by atoms with Crippen molar-refractivity contribution in [1.82, 2.24) is 9.80 Å². The van der Waals surface area contributed by atoms with Crippen LogP contribution in [0.4, 0.5) is 0 Å². The Kier molecular flexibility index (Phi) is 2.82. The van der Waals surface area contributed by atoms with Crippen molar-refractivity contribution in [3.63, 3.8) is 0 Å². The van der Waals surface area contributed by atoms with Crippen LogP contribution in [0.1, 0.15) is 33.6 Å². The van der Waals surface area contributed by atoms with Gasteiger partial charge in [0.1, 0.15) is 6.23 Å². The Labute approximate surface area is 86.7 Å². The van der Waals surface area contributed by atoms with Crippen molar-refractivity contribution in [1.29, 1.82) is 0 Å². The van der Waals surface area contributed by atoms with Gasteiger partial charge in [0.15, 0.2) is 0 Å². The van der Waals surface area contributed by atoms with E-state index in [2.05, 4.69) is 23.6 Å². The summed E-state index contributed by atoms with van der Waals surface area (Å²) in [6.45, 7) is 8.70. The van der Waals surface area contributed by atoms with Crippen molar-refractivity contribution in [2.45, 2.75) is 58.0 Å². The number of rotatable bonds is 2. The summed E-state index contributed by atoms with van der Waals surface area (Å²) in [6, 6.07) is 1.96. The molecule has 2 saturated heterocycles. The summed E-state index contributed by atoms with van der Waals surface area (Å²) in [5.74, 6) is 0. The molecule has 0 saturated carbocycles. The van der Waals surface area contributed by atoms with Gasteiger partial charge in [-0.25, -0.2) is 0 Å². The van der Waals surface area contributed by atoms with Crippen LogP contribution in [-0.4, -0.2) is 52.3 Å². The molecular formula is C11H22N2O. The Balaban J connectivity index is 2.04. The number of aliphatic hydroxyl groups is 1. The number of hydrogen-bond donors (Lipinski definition) is 1. The molecule has 0 aromatic carbocycles. The zero-order chi connectivity index (χ0) is 10.3. The molecular weight excluding hydrogens is 176 g/mol. The molecule has 3 heteroatoms. The number of hydrogen-bond acceptors (Lipinski definition) is 3. The predicted octanol–water partition coefficient (Wildman–Crippen LogP) is 0.882. The van der Waals surface area contributed by atoms with E-state index in [1.165, 1.54) is 19.4 Å². The summed E-state index contributed by atoms with van der Waals surface area (Å²) < 4.78 is 0. The number of likely N-dealkylation sites (tertiary alicyclic amines) is 2. The first kappa shape index (κ1) is 10.4. The molecule has 1 N–H and O–H groups in total. The molecule has 0 spiro atoms. The zero-order valence-corrected chi connectivity index (χ0v) is 9.48. The second-order valence-corrected chi connectivity index (χ2v) is 4.91. The Morgan fingerprint density at radius 1 is 1.00 bits per heavy atom. The highest BCUT2D eigenvalue weighted by Gasteiger charge is 2.44. The van der Waals surface area contributed by atoms with E-state index in [4.69, 9.17) is 0 Å². The molecule has 2 aliphatic heterocycles. The maximum atomic E-state index is 9.63. The summed E-state index contributed by atoms with van der Waals surface area (Å²) in [5.41, 5.74) is 0. The van der Waals surface area contributed by atoms with Crippen molar-refractivity contribution < 1.29 is 5.11 Å². The smallest absolute Gasteiger partial charge is 0.104 e. The zero-order valence-electron chi connectivity index (χ0n) is 9.48. The first-order valence-electron chi connectivity index (χ1n) is 5.81. The van der Waals surface area contributed by atoms with E-state index in [0.717, 1.165) is 6.54 Å². The van der Waals surface area contributed by atoms with Crippen LogP contribution in [-0.2, 0) is 0 Å². The average Bonchev–Trinajstić information content (AvgIpc) is 2.59. The largest absolute Gasteiger partial charge is 0.379 e. The Morgan fingerprint density at radius 2 is 1.50 bits per heavy atom. The lowest BCUT2D eigenvalue weighted by Gasteiger charge is -2.29. The third kappa shape index (κ3) is 1.58. The normalized spacial score (nSPS) is 36.6. The molecule has 3 atom stereocenters. The minimum absolute atomic E-state index is 0.267. The number of aliphatic hydroxyl groups excluding tert-OH is 1. The van der Waals surface area contributed by atoms with E-state index in [0.29, 0.717) is 18.1 Å². The molecule has 2 rings (SSSR count). The topological polar surface area (TPSA) is 26.7 Å². The fourth-order valence-corrected chi connectivity index (χ4v) is 3.16. The Morgan fingerprint density at radius 3 is 2.00 bits per heavy atom. The Hall–Kier alpha value is -0.120. The number of nitrogens with zero attached hydrogens (tertiary/aromatic N) is 2. The third-order valence-electron chi connectivity index (χ3n) is 3.81. The highest BCUT2D eigenvalue weighted by molar-refractivity contribution is 4.99. The molecule has 3 unspecified atom stereocenters. The molecule has 3 nitrogen and oxygen atoms in total. The van der Waals surface area contributed by atoms with Crippen molar-refractivity contribution in [2.24, 2.45) is 0 Å². The van der Waals surface area contributed by atoms with Crippen LogP contribution >= 0.6 is 0 Å². The average molecular weight is 198 g/mol. The van der Waals surface area contributed by atoms with Crippen LogP contribution in [0.15, 0.2) is 0 Å². The quantitative estimate of drug-likeness (QED) is 0.713. The van der Waals surface area contributed by atoms with Gasteiger partial charge in [-0.05, 0) is 33.6 Å². The van der Waals surface area contributed by atoms with Gasteiger partial charge >= 0.3 is 0 Å². The predicted molar refractivity (Wildman–Crippen MR) is 57.0 cm³/mol. The van der Waals surface area contributed by atoms with E-state index in [1.807, 2.05) is 6.92 Å². The van der Waals surface area contributed by atoms with Crippen LogP contribution in [0.25, 0.3) is 0 Å². The standard InChI is InChI=1S/C11H22N2O/c1-8(2)12-6-4-11-10(12)5-7-13(11)9(3)14/h8-11,14H,4-7H2,1-3H3. The van der Waals surface area contributed by atoms with E-state index in [1.54, 1.807) is 0 Å². The lowest BCUT2D eigenvalue weighted by Crippen LogP contribution is -2.42. The third-order valence-corrected chi connectivity index (χ3v) is 3.81. The SMILES string of the molecule is CC(C)N1CCC2C1CCN2C(C)O. The fraction of sp³-hybridized carbons (Fsp3) is 1.00. The first-order chi connectivity index (χ1) is 6.61. The Bertz CT molecular complexity index is 183. The molecule has 0 aromatic heterocycles. The van der Waals surface area contributed by atoms with E-state index < -0.39 is 0 Å². The molecule has 0 radical (unpaired) electrons. The highest BCUT2D eigenvalue weighted by atomic mass is 16.3. The highest BCUT2D eigenvalue weighted by Crippen LogP contribution is 2.33.